The summed E-state index contributed by atoms with van der Waals surface area (Å²) in [6, 6.07) is 17.0. The van der Waals surface area contributed by atoms with Crippen molar-refractivity contribution in [2.75, 3.05) is 17.7 Å². The van der Waals surface area contributed by atoms with Crippen LogP contribution in [-0.2, 0) is 4.79 Å². The van der Waals surface area contributed by atoms with Crippen LogP contribution in [0.3, 0.4) is 0 Å². The molecular formula is C24H20N5O4S-. The van der Waals surface area contributed by atoms with E-state index in [0.717, 1.165) is 17.0 Å². The minimum absolute atomic E-state index is 0.0405. The second-order valence-corrected chi connectivity index (χ2v) is 7.95. The molecule has 4 aromatic rings. The first-order valence-electron chi connectivity index (χ1n) is 10.4. The van der Waals surface area contributed by atoms with E-state index in [9.17, 15) is 14.7 Å². The summed E-state index contributed by atoms with van der Waals surface area (Å²) in [4.78, 5) is 27.5. The second-order valence-electron chi connectivity index (χ2n) is 7.01. The quantitative estimate of drug-likeness (QED) is 0.368. The van der Waals surface area contributed by atoms with E-state index in [0.29, 0.717) is 23.3 Å². The van der Waals surface area contributed by atoms with Gasteiger partial charge in [-0.15, -0.1) is 10.2 Å². The van der Waals surface area contributed by atoms with Gasteiger partial charge in [-0.2, -0.15) is 0 Å². The largest absolute Gasteiger partial charge is 0.545 e. The Hall–Kier alpha value is -4.18. The maximum absolute atomic E-state index is 12.5. The van der Waals surface area contributed by atoms with Crippen LogP contribution in [-0.4, -0.2) is 44.0 Å². The normalized spacial score (nSPS) is 10.6. The molecule has 10 heteroatoms. The molecule has 34 heavy (non-hydrogen) atoms. The van der Waals surface area contributed by atoms with Crippen LogP contribution in [0.15, 0.2) is 78.2 Å². The number of thioether (sulfide) groups is 1. The van der Waals surface area contributed by atoms with Crippen LogP contribution >= 0.6 is 11.8 Å². The fourth-order valence-electron chi connectivity index (χ4n) is 3.15. The number of rotatable bonds is 9. The molecular weight excluding hydrogens is 454 g/mol. The summed E-state index contributed by atoms with van der Waals surface area (Å²) in [5.41, 5.74) is 2.12. The number of anilines is 1. The molecule has 0 saturated carbocycles. The lowest BCUT2D eigenvalue weighted by Gasteiger charge is -2.11. The number of carboxylic acid groups (broad SMARTS) is 1. The number of hydrogen-bond acceptors (Lipinski definition) is 8. The summed E-state index contributed by atoms with van der Waals surface area (Å²) in [5, 5.41) is 22.8. The van der Waals surface area contributed by atoms with Crippen LogP contribution in [0.1, 0.15) is 17.3 Å². The number of hydrogen-bond donors (Lipinski definition) is 1. The summed E-state index contributed by atoms with van der Waals surface area (Å²) in [5.74, 6) is -0.120. The number of nitrogens with one attached hydrogen (secondary N) is 1. The van der Waals surface area contributed by atoms with Crippen molar-refractivity contribution >= 4 is 29.3 Å². The zero-order valence-electron chi connectivity index (χ0n) is 18.2. The molecule has 0 bridgehead atoms. The fraction of sp³-hybridized carbons (Fsp3) is 0.125. The number of nitrogens with zero attached hydrogens (tertiary/aromatic N) is 4. The lowest BCUT2D eigenvalue weighted by Crippen LogP contribution is -2.22. The Morgan fingerprint density at radius 1 is 1.06 bits per heavy atom. The first kappa shape index (κ1) is 23.0. The van der Waals surface area contributed by atoms with Gasteiger partial charge < -0.3 is 20.0 Å². The van der Waals surface area contributed by atoms with Gasteiger partial charge in [-0.3, -0.25) is 14.3 Å². The number of benzene rings is 2. The summed E-state index contributed by atoms with van der Waals surface area (Å²) < 4.78 is 7.40. The highest BCUT2D eigenvalue weighted by Gasteiger charge is 2.17. The number of amides is 1. The molecule has 0 fully saturated rings. The smallest absolute Gasteiger partial charge is 0.234 e. The molecule has 1 amide bonds. The van der Waals surface area contributed by atoms with E-state index >= 15 is 0 Å². The van der Waals surface area contributed by atoms with E-state index in [-0.39, 0.29) is 17.2 Å². The molecule has 0 aliphatic rings. The van der Waals surface area contributed by atoms with Gasteiger partial charge in [-0.05, 0) is 61.0 Å². The van der Waals surface area contributed by atoms with Crippen LogP contribution in [0.5, 0.6) is 5.75 Å². The van der Waals surface area contributed by atoms with Crippen LogP contribution < -0.4 is 15.2 Å². The molecule has 0 atom stereocenters. The molecule has 0 radical (unpaired) electrons. The van der Waals surface area contributed by atoms with Crippen molar-refractivity contribution in [3.05, 3.63) is 78.6 Å². The topological polar surface area (TPSA) is 122 Å². The number of carbonyl (C=O) groups is 2. The minimum Gasteiger partial charge on any atom is -0.545 e. The molecule has 2 aromatic heterocycles. The van der Waals surface area contributed by atoms with Crippen molar-refractivity contribution in [1.82, 2.24) is 19.7 Å². The number of carboxylic acids is 1. The Kier molecular flexibility index (Phi) is 7.19. The molecule has 0 spiro atoms. The Balaban J connectivity index is 1.54. The third-order valence-electron chi connectivity index (χ3n) is 4.70. The monoisotopic (exact) mass is 474 g/mol. The van der Waals surface area contributed by atoms with E-state index < -0.39 is 5.97 Å². The van der Waals surface area contributed by atoms with Crippen molar-refractivity contribution in [2.45, 2.75) is 12.1 Å². The average Bonchev–Trinajstić information content (AvgIpc) is 3.28. The standard InChI is InChI=1S/C24H21N5O4S/c1-2-33-20-11-9-19(10-12-20)29-22(17-4-3-13-25-14-17)27-28-24(29)34-15-21(30)26-18-7-5-16(6-8-18)23(31)32/h3-14H,2,15H2,1H3,(H,26,30)(H,31,32)/p-1. The van der Waals surface area contributed by atoms with Gasteiger partial charge in [-0.25, -0.2) is 0 Å². The van der Waals surface area contributed by atoms with Gasteiger partial charge in [0.05, 0.1) is 18.3 Å². The SMILES string of the molecule is CCOc1ccc(-n2c(SCC(=O)Nc3ccc(C(=O)[O-])cc3)nnc2-c2cccnc2)cc1. The van der Waals surface area contributed by atoms with Gasteiger partial charge in [0.25, 0.3) is 0 Å². The van der Waals surface area contributed by atoms with E-state index in [4.69, 9.17) is 4.74 Å². The number of aromatic carboxylic acids is 1. The molecule has 0 unspecified atom stereocenters. The number of carbonyl (C=O) groups excluding carboxylic acids is 2. The van der Waals surface area contributed by atoms with Crippen molar-refractivity contribution in [3.63, 3.8) is 0 Å². The van der Waals surface area contributed by atoms with E-state index in [1.165, 1.54) is 36.0 Å². The Morgan fingerprint density at radius 2 is 1.82 bits per heavy atom. The third-order valence-corrected chi connectivity index (χ3v) is 5.62. The summed E-state index contributed by atoms with van der Waals surface area (Å²) >= 11 is 1.23. The zero-order chi connectivity index (χ0) is 23.9. The van der Waals surface area contributed by atoms with Crippen LogP contribution in [0.2, 0.25) is 0 Å². The molecule has 9 nitrogen and oxygen atoms in total. The lowest BCUT2D eigenvalue weighted by atomic mass is 10.2. The summed E-state index contributed by atoms with van der Waals surface area (Å²) in [6.45, 7) is 2.49. The van der Waals surface area contributed by atoms with E-state index in [2.05, 4.69) is 20.5 Å². The van der Waals surface area contributed by atoms with Crippen LogP contribution in [0.4, 0.5) is 5.69 Å². The highest BCUT2D eigenvalue weighted by atomic mass is 32.2. The fourth-order valence-corrected chi connectivity index (χ4v) is 3.90. The van der Waals surface area contributed by atoms with E-state index in [1.54, 1.807) is 12.4 Å². The summed E-state index contributed by atoms with van der Waals surface area (Å²) in [7, 11) is 0. The molecule has 172 valence electrons. The predicted octanol–water partition coefficient (Wildman–Crippen LogP) is 2.82. The summed E-state index contributed by atoms with van der Waals surface area (Å²) in [6.07, 6.45) is 3.38. The molecule has 2 heterocycles. The van der Waals surface area contributed by atoms with Crippen molar-refractivity contribution < 1.29 is 19.4 Å². The van der Waals surface area contributed by atoms with Crippen LogP contribution in [0.25, 0.3) is 17.1 Å². The maximum atomic E-state index is 12.5. The van der Waals surface area contributed by atoms with Crippen molar-refractivity contribution in [2.24, 2.45) is 0 Å². The first-order valence-corrected chi connectivity index (χ1v) is 11.4. The van der Waals surface area contributed by atoms with Gasteiger partial charge in [0.15, 0.2) is 11.0 Å². The lowest BCUT2D eigenvalue weighted by molar-refractivity contribution is -0.255. The number of aromatic nitrogens is 4. The highest BCUT2D eigenvalue weighted by Crippen LogP contribution is 2.28. The Morgan fingerprint density at radius 3 is 2.47 bits per heavy atom. The average molecular weight is 475 g/mol. The minimum atomic E-state index is -1.27. The molecule has 0 saturated heterocycles. The van der Waals surface area contributed by atoms with Gasteiger partial charge in [0.2, 0.25) is 5.91 Å². The Bertz CT molecular complexity index is 1280. The van der Waals surface area contributed by atoms with E-state index in [1.807, 2.05) is 47.9 Å². The molecule has 0 aliphatic heterocycles. The first-order chi connectivity index (χ1) is 16.5. The third kappa shape index (κ3) is 5.41. The zero-order valence-corrected chi connectivity index (χ0v) is 19.0. The molecule has 1 N–H and O–H groups in total. The number of pyridine rings is 1. The Labute approximate surface area is 199 Å². The van der Waals surface area contributed by atoms with Gasteiger partial charge in [-0.1, -0.05) is 23.9 Å². The van der Waals surface area contributed by atoms with Gasteiger partial charge in [0, 0.05) is 29.3 Å². The number of ether oxygens (including phenoxy) is 1. The van der Waals surface area contributed by atoms with Gasteiger partial charge >= 0.3 is 0 Å². The molecule has 4 rings (SSSR count). The van der Waals surface area contributed by atoms with Crippen molar-refractivity contribution in [1.29, 1.82) is 0 Å². The van der Waals surface area contributed by atoms with Crippen LogP contribution in [0, 0.1) is 0 Å². The second kappa shape index (κ2) is 10.6. The maximum Gasteiger partial charge on any atom is 0.234 e. The van der Waals surface area contributed by atoms with Crippen molar-refractivity contribution in [3.8, 4) is 22.8 Å². The molecule has 2 aromatic carbocycles. The molecule has 0 aliphatic carbocycles. The predicted molar refractivity (Wildman–Crippen MR) is 126 cm³/mol. The highest BCUT2D eigenvalue weighted by molar-refractivity contribution is 7.99. The van der Waals surface area contributed by atoms with Gasteiger partial charge in [0.1, 0.15) is 5.75 Å².